The molecule has 0 aliphatic carbocycles. The summed E-state index contributed by atoms with van der Waals surface area (Å²) in [6.07, 6.45) is 4.41. The molecule has 0 spiro atoms. The van der Waals surface area contributed by atoms with Crippen molar-refractivity contribution in [1.82, 2.24) is 10.6 Å². The molecule has 0 radical (unpaired) electrons. The van der Waals surface area contributed by atoms with E-state index in [0.717, 1.165) is 24.9 Å². The van der Waals surface area contributed by atoms with Gasteiger partial charge in [0.05, 0.1) is 0 Å². The summed E-state index contributed by atoms with van der Waals surface area (Å²) in [7, 11) is 1.88. The van der Waals surface area contributed by atoms with Gasteiger partial charge in [-0.1, -0.05) is 30.3 Å². The van der Waals surface area contributed by atoms with Crippen LogP contribution in [0.3, 0.4) is 0 Å². The van der Waals surface area contributed by atoms with E-state index in [1.807, 2.05) is 37.4 Å². The monoisotopic (exact) mass is 376 g/mol. The highest BCUT2D eigenvalue weighted by atomic mass is 16.5. The zero-order valence-corrected chi connectivity index (χ0v) is 16.5. The molecule has 1 atom stereocenters. The van der Waals surface area contributed by atoms with Crippen molar-refractivity contribution in [3.8, 4) is 0 Å². The number of carbonyl (C=O) groups excluding carboxylic acids is 3. The van der Waals surface area contributed by atoms with Crippen molar-refractivity contribution in [2.24, 2.45) is 0 Å². The molecule has 27 heavy (non-hydrogen) atoms. The van der Waals surface area contributed by atoms with Crippen LogP contribution in [-0.2, 0) is 25.7 Å². The summed E-state index contributed by atoms with van der Waals surface area (Å²) in [5, 5.41) is 5.87. The van der Waals surface area contributed by atoms with E-state index in [1.54, 1.807) is 6.92 Å². The van der Waals surface area contributed by atoms with Crippen LogP contribution in [0.25, 0.3) is 0 Å². The summed E-state index contributed by atoms with van der Waals surface area (Å²) in [5.41, 5.74) is 0.912. The Hall–Kier alpha value is -2.21. The molecule has 150 valence electrons. The quantitative estimate of drug-likeness (QED) is 0.385. The summed E-state index contributed by atoms with van der Waals surface area (Å²) < 4.78 is 5.39. The molecule has 0 fully saturated rings. The maximum absolute atomic E-state index is 12.4. The average molecular weight is 376 g/mol. The van der Waals surface area contributed by atoms with Crippen molar-refractivity contribution in [1.29, 1.82) is 0 Å². The molecule has 1 unspecified atom stereocenters. The van der Waals surface area contributed by atoms with E-state index in [2.05, 4.69) is 10.6 Å². The van der Waals surface area contributed by atoms with Crippen molar-refractivity contribution in [2.75, 3.05) is 13.6 Å². The molecule has 0 aromatic heterocycles. The van der Waals surface area contributed by atoms with Crippen LogP contribution >= 0.6 is 0 Å². The van der Waals surface area contributed by atoms with E-state index in [0.29, 0.717) is 32.1 Å². The number of rotatable bonds is 14. The van der Waals surface area contributed by atoms with Crippen molar-refractivity contribution >= 4 is 17.7 Å². The fourth-order valence-electron chi connectivity index (χ4n) is 2.65. The lowest BCUT2D eigenvalue weighted by Crippen LogP contribution is -2.41. The van der Waals surface area contributed by atoms with Gasteiger partial charge >= 0.3 is 5.97 Å². The van der Waals surface area contributed by atoms with Crippen LogP contribution in [0.5, 0.6) is 0 Å². The lowest BCUT2D eigenvalue weighted by molar-refractivity contribution is -0.149. The Balaban J connectivity index is 2.47. The zero-order valence-electron chi connectivity index (χ0n) is 16.5. The van der Waals surface area contributed by atoms with Crippen molar-refractivity contribution in [2.45, 2.75) is 64.5 Å². The smallest absolute Gasteiger partial charge is 0.328 e. The van der Waals surface area contributed by atoms with Gasteiger partial charge in [0.1, 0.15) is 18.4 Å². The molecule has 6 nitrogen and oxygen atoms in total. The van der Waals surface area contributed by atoms with E-state index in [1.165, 1.54) is 0 Å². The first-order valence-corrected chi connectivity index (χ1v) is 9.67. The van der Waals surface area contributed by atoms with Crippen LogP contribution in [0.2, 0.25) is 0 Å². The van der Waals surface area contributed by atoms with Gasteiger partial charge in [0, 0.05) is 12.8 Å². The minimum absolute atomic E-state index is 0.127. The molecular weight excluding hydrogens is 344 g/mol. The Bertz CT molecular complexity index is 575. The van der Waals surface area contributed by atoms with Crippen LogP contribution in [0.4, 0.5) is 0 Å². The van der Waals surface area contributed by atoms with Crippen molar-refractivity contribution in [3.05, 3.63) is 35.9 Å². The zero-order chi connectivity index (χ0) is 19.9. The van der Waals surface area contributed by atoms with Gasteiger partial charge in [-0.05, 0) is 58.2 Å². The molecule has 1 aromatic carbocycles. The van der Waals surface area contributed by atoms with Crippen molar-refractivity contribution < 1.29 is 19.1 Å². The Kier molecular flexibility index (Phi) is 11.8. The molecule has 6 heteroatoms. The molecule has 0 aliphatic heterocycles. The lowest BCUT2D eigenvalue weighted by atomic mass is 10.1. The predicted molar refractivity (Wildman–Crippen MR) is 105 cm³/mol. The first-order valence-electron chi connectivity index (χ1n) is 9.67. The number of nitrogens with one attached hydrogen (secondary N) is 2. The number of Topliss-reactive ketones (excluding diaryl/α,β-unsaturated/α-hetero) is 1. The largest absolute Gasteiger partial charge is 0.459 e. The first kappa shape index (κ1) is 22.8. The Morgan fingerprint density at radius 3 is 2.37 bits per heavy atom. The topological polar surface area (TPSA) is 84.5 Å². The van der Waals surface area contributed by atoms with Gasteiger partial charge in [0.25, 0.3) is 0 Å². The number of unbranched alkanes of at least 4 members (excludes halogenated alkanes) is 2. The Morgan fingerprint density at radius 1 is 1.00 bits per heavy atom. The third kappa shape index (κ3) is 11.2. The van der Waals surface area contributed by atoms with Gasteiger partial charge in [0.2, 0.25) is 5.91 Å². The van der Waals surface area contributed by atoms with Crippen molar-refractivity contribution in [3.63, 3.8) is 0 Å². The highest BCUT2D eigenvalue weighted by Crippen LogP contribution is 2.08. The number of hydrogen-bond acceptors (Lipinski definition) is 5. The van der Waals surface area contributed by atoms with Crippen LogP contribution in [0.15, 0.2) is 30.3 Å². The minimum Gasteiger partial charge on any atom is -0.459 e. The number of hydrogen-bond donors (Lipinski definition) is 2. The molecule has 0 aliphatic rings. The summed E-state index contributed by atoms with van der Waals surface area (Å²) in [6, 6.07) is 8.84. The third-order valence-electron chi connectivity index (χ3n) is 4.20. The number of ketones is 1. The summed E-state index contributed by atoms with van der Waals surface area (Å²) in [5.74, 6) is -0.448. The fraction of sp³-hybridized carbons (Fsp3) is 0.571. The third-order valence-corrected chi connectivity index (χ3v) is 4.20. The molecule has 0 saturated heterocycles. The predicted octanol–water partition coefficient (Wildman–Crippen LogP) is 2.75. The Labute approximate surface area is 162 Å². The summed E-state index contributed by atoms with van der Waals surface area (Å²) >= 11 is 0. The van der Waals surface area contributed by atoms with E-state index in [-0.39, 0.29) is 18.3 Å². The average Bonchev–Trinajstić information content (AvgIpc) is 2.66. The molecule has 1 rings (SSSR count). The number of esters is 1. The minimum atomic E-state index is -0.633. The van der Waals surface area contributed by atoms with Gasteiger partial charge < -0.3 is 20.2 Å². The summed E-state index contributed by atoms with van der Waals surface area (Å²) in [6.45, 7) is 2.61. The molecule has 0 saturated carbocycles. The highest BCUT2D eigenvalue weighted by Gasteiger charge is 2.21. The van der Waals surface area contributed by atoms with E-state index >= 15 is 0 Å². The highest BCUT2D eigenvalue weighted by molar-refractivity contribution is 5.84. The lowest BCUT2D eigenvalue weighted by Gasteiger charge is -2.18. The number of benzene rings is 1. The fourth-order valence-corrected chi connectivity index (χ4v) is 2.65. The molecule has 1 aromatic rings. The van der Waals surface area contributed by atoms with Gasteiger partial charge in [-0.15, -0.1) is 0 Å². The van der Waals surface area contributed by atoms with E-state index < -0.39 is 12.0 Å². The molecule has 2 N–H and O–H groups in total. The van der Waals surface area contributed by atoms with Gasteiger partial charge in [-0.3, -0.25) is 4.79 Å². The molecule has 0 bridgehead atoms. The van der Waals surface area contributed by atoms with Gasteiger partial charge in [0.15, 0.2) is 0 Å². The second-order valence-corrected chi connectivity index (χ2v) is 6.72. The second kappa shape index (κ2) is 13.9. The maximum atomic E-state index is 12.4. The number of ether oxygens (including phenoxy) is 1. The van der Waals surface area contributed by atoms with Gasteiger partial charge in [-0.2, -0.15) is 0 Å². The normalized spacial score (nSPS) is 11.6. The van der Waals surface area contributed by atoms with Crippen LogP contribution < -0.4 is 10.6 Å². The maximum Gasteiger partial charge on any atom is 0.328 e. The second-order valence-electron chi connectivity index (χ2n) is 6.72. The van der Waals surface area contributed by atoms with E-state index in [9.17, 15) is 14.4 Å². The standard InChI is InChI=1S/C21H32N2O4/c1-17(24)10-6-7-14-20(25)23-19(13-8-9-15-22-2)21(26)27-16-18-11-4-3-5-12-18/h3-5,11-12,19,22H,6-10,13-16H2,1-2H3,(H,23,25). The molecular formula is C21H32N2O4. The van der Waals surface area contributed by atoms with Crippen LogP contribution in [-0.4, -0.2) is 37.3 Å². The van der Waals surface area contributed by atoms with E-state index in [4.69, 9.17) is 4.74 Å². The Morgan fingerprint density at radius 2 is 1.70 bits per heavy atom. The van der Waals surface area contributed by atoms with Crippen LogP contribution in [0, 0.1) is 0 Å². The molecule has 1 amide bonds. The molecule has 0 heterocycles. The number of amides is 1. The van der Waals surface area contributed by atoms with Crippen LogP contribution in [0.1, 0.15) is 57.4 Å². The first-order chi connectivity index (χ1) is 13.0. The number of carbonyl (C=O) groups is 3. The SMILES string of the molecule is CNCCCCC(NC(=O)CCCCC(C)=O)C(=O)OCc1ccccc1. The summed E-state index contributed by atoms with van der Waals surface area (Å²) in [4.78, 5) is 35.5. The van der Waals surface area contributed by atoms with Gasteiger partial charge in [-0.25, -0.2) is 4.79 Å².